The minimum atomic E-state index is -0.176. The number of carbonyl (C=O) groups excluding carboxylic acids is 1. The zero-order chi connectivity index (χ0) is 10.9. The van der Waals surface area contributed by atoms with Gasteiger partial charge in [0.2, 0.25) is 6.39 Å². The van der Waals surface area contributed by atoms with Crippen molar-refractivity contribution in [1.29, 1.82) is 0 Å². The van der Waals surface area contributed by atoms with Gasteiger partial charge >= 0.3 is 5.97 Å². The number of ether oxygens (including phenoxy) is 1. The fraction of sp³-hybridized carbons (Fsp3) is 0.667. The number of aromatic nitrogens is 2. The van der Waals surface area contributed by atoms with E-state index in [9.17, 15) is 4.79 Å². The van der Waals surface area contributed by atoms with Gasteiger partial charge in [0.1, 0.15) is 0 Å². The van der Waals surface area contributed by atoms with E-state index in [1.165, 1.54) is 6.39 Å². The third-order valence-electron chi connectivity index (χ3n) is 1.74. The maximum Gasteiger partial charge on any atom is 0.307 e. The van der Waals surface area contributed by atoms with Crippen LogP contribution >= 0.6 is 0 Å². The molecule has 6 nitrogen and oxygen atoms in total. The van der Waals surface area contributed by atoms with Crippen LogP contribution in [0.4, 0.5) is 0 Å². The molecule has 1 rings (SSSR count). The van der Waals surface area contributed by atoms with Gasteiger partial charge < -0.3 is 14.6 Å². The van der Waals surface area contributed by atoms with E-state index in [1.54, 1.807) is 6.92 Å². The molecule has 0 amide bonds. The van der Waals surface area contributed by atoms with Crippen molar-refractivity contribution in [2.45, 2.75) is 19.8 Å². The van der Waals surface area contributed by atoms with Gasteiger partial charge in [0, 0.05) is 19.5 Å². The van der Waals surface area contributed by atoms with Crippen molar-refractivity contribution in [3.8, 4) is 0 Å². The normalized spacial score (nSPS) is 10.2. The Bertz CT molecular complexity index is 274. The van der Waals surface area contributed by atoms with Crippen LogP contribution in [0.15, 0.2) is 10.9 Å². The molecule has 0 fully saturated rings. The molecule has 0 bridgehead atoms. The van der Waals surface area contributed by atoms with E-state index in [4.69, 9.17) is 4.74 Å². The lowest BCUT2D eigenvalue weighted by atomic mass is 10.4. The van der Waals surface area contributed by atoms with E-state index in [-0.39, 0.29) is 5.97 Å². The van der Waals surface area contributed by atoms with Crippen molar-refractivity contribution in [3.05, 3.63) is 12.2 Å². The summed E-state index contributed by atoms with van der Waals surface area (Å²) < 4.78 is 9.35. The van der Waals surface area contributed by atoms with E-state index in [1.807, 2.05) is 0 Å². The Morgan fingerprint density at radius 1 is 1.60 bits per heavy atom. The molecule has 0 saturated carbocycles. The van der Waals surface area contributed by atoms with E-state index in [2.05, 4.69) is 20.0 Å². The second-order valence-electron chi connectivity index (χ2n) is 2.90. The molecule has 0 aromatic carbocycles. The van der Waals surface area contributed by atoms with E-state index >= 15 is 0 Å². The summed E-state index contributed by atoms with van der Waals surface area (Å²) in [6, 6.07) is 0. The van der Waals surface area contributed by atoms with Crippen LogP contribution in [0.2, 0.25) is 0 Å². The molecule has 1 aromatic heterocycles. The molecule has 0 aliphatic rings. The van der Waals surface area contributed by atoms with E-state index in [0.717, 1.165) is 6.54 Å². The fourth-order valence-corrected chi connectivity index (χ4v) is 1.05. The lowest BCUT2D eigenvalue weighted by molar-refractivity contribution is -0.142. The summed E-state index contributed by atoms with van der Waals surface area (Å²) in [6.45, 7) is 3.55. The zero-order valence-electron chi connectivity index (χ0n) is 8.73. The van der Waals surface area contributed by atoms with Crippen LogP contribution in [0, 0.1) is 0 Å². The van der Waals surface area contributed by atoms with Crippen molar-refractivity contribution >= 4 is 5.97 Å². The topological polar surface area (TPSA) is 77.2 Å². The first-order valence-corrected chi connectivity index (χ1v) is 4.94. The lowest BCUT2D eigenvalue weighted by Gasteiger charge is -2.02. The molecule has 0 spiro atoms. The van der Waals surface area contributed by atoms with Crippen LogP contribution in [0.3, 0.4) is 0 Å². The number of nitrogens with zero attached hydrogens (tertiary/aromatic N) is 2. The summed E-state index contributed by atoms with van der Waals surface area (Å²) in [7, 11) is 0. The molecule has 0 atom stereocenters. The van der Waals surface area contributed by atoms with Gasteiger partial charge in [-0.3, -0.25) is 4.79 Å². The van der Waals surface area contributed by atoms with Crippen molar-refractivity contribution in [3.63, 3.8) is 0 Å². The van der Waals surface area contributed by atoms with Crippen LogP contribution in [-0.2, 0) is 16.0 Å². The molecule has 0 aliphatic heterocycles. The summed E-state index contributed by atoms with van der Waals surface area (Å²) in [5.41, 5.74) is 0. The molecule has 15 heavy (non-hydrogen) atoms. The largest absolute Gasteiger partial charge is 0.466 e. The molecule has 1 N–H and O–H groups in total. The number of carbonyl (C=O) groups is 1. The highest BCUT2D eigenvalue weighted by Crippen LogP contribution is 1.88. The molecule has 0 aliphatic carbocycles. The van der Waals surface area contributed by atoms with Crippen LogP contribution < -0.4 is 5.32 Å². The number of esters is 1. The zero-order valence-corrected chi connectivity index (χ0v) is 8.73. The molecule has 1 heterocycles. The third-order valence-corrected chi connectivity index (χ3v) is 1.74. The average Bonchev–Trinajstić information content (AvgIpc) is 2.70. The highest BCUT2D eigenvalue weighted by molar-refractivity contribution is 5.69. The van der Waals surface area contributed by atoms with Gasteiger partial charge in [0.15, 0.2) is 5.82 Å². The van der Waals surface area contributed by atoms with E-state index in [0.29, 0.717) is 31.8 Å². The van der Waals surface area contributed by atoms with Gasteiger partial charge in [0.25, 0.3) is 0 Å². The Labute approximate surface area is 88.0 Å². The van der Waals surface area contributed by atoms with Crippen molar-refractivity contribution in [1.82, 2.24) is 15.5 Å². The Hall–Kier alpha value is -1.43. The summed E-state index contributed by atoms with van der Waals surface area (Å²) in [4.78, 5) is 14.8. The quantitative estimate of drug-likeness (QED) is 0.513. The molecular formula is C9H15N3O3. The van der Waals surface area contributed by atoms with Crippen molar-refractivity contribution < 1.29 is 14.1 Å². The van der Waals surface area contributed by atoms with Crippen LogP contribution in [0.25, 0.3) is 0 Å². The molecule has 0 unspecified atom stereocenters. The fourth-order valence-electron chi connectivity index (χ4n) is 1.05. The number of hydrogen-bond donors (Lipinski definition) is 1. The first kappa shape index (κ1) is 11.6. The smallest absolute Gasteiger partial charge is 0.307 e. The highest BCUT2D eigenvalue weighted by Gasteiger charge is 2.01. The number of nitrogens with one attached hydrogen (secondary N) is 1. The monoisotopic (exact) mass is 213 g/mol. The predicted octanol–water partition coefficient (Wildman–Crippen LogP) is 0.155. The third kappa shape index (κ3) is 5.11. The van der Waals surface area contributed by atoms with Crippen LogP contribution in [-0.4, -0.2) is 35.8 Å². The summed E-state index contributed by atoms with van der Waals surface area (Å²) in [5.74, 6) is 0.489. The second kappa shape index (κ2) is 6.94. The van der Waals surface area contributed by atoms with Crippen molar-refractivity contribution in [2.75, 3.05) is 19.7 Å². The minimum Gasteiger partial charge on any atom is -0.466 e. The Morgan fingerprint density at radius 2 is 2.47 bits per heavy atom. The molecule has 0 radical (unpaired) electrons. The molecular weight excluding hydrogens is 198 g/mol. The van der Waals surface area contributed by atoms with Gasteiger partial charge in [0.05, 0.1) is 13.0 Å². The lowest BCUT2D eigenvalue weighted by Crippen LogP contribution is -2.22. The first-order valence-electron chi connectivity index (χ1n) is 4.94. The Kier molecular flexibility index (Phi) is 5.39. The second-order valence-corrected chi connectivity index (χ2v) is 2.90. The molecule has 84 valence electrons. The average molecular weight is 213 g/mol. The van der Waals surface area contributed by atoms with Gasteiger partial charge in [-0.2, -0.15) is 4.98 Å². The highest BCUT2D eigenvalue weighted by atomic mass is 16.5. The van der Waals surface area contributed by atoms with Crippen LogP contribution in [0.5, 0.6) is 0 Å². The standard InChI is InChI=1S/C9H15N3O3/c1-2-14-9(13)4-6-10-5-3-8-11-7-15-12-8/h7,10H,2-6H2,1H3. The summed E-state index contributed by atoms with van der Waals surface area (Å²) in [6.07, 6.45) is 2.38. The van der Waals surface area contributed by atoms with E-state index < -0.39 is 0 Å². The Morgan fingerprint density at radius 3 is 3.13 bits per heavy atom. The minimum absolute atomic E-state index is 0.176. The van der Waals surface area contributed by atoms with Gasteiger partial charge in [-0.15, -0.1) is 0 Å². The maximum atomic E-state index is 10.9. The predicted molar refractivity (Wildman–Crippen MR) is 52.1 cm³/mol. The van der Waals surface area contributed by atoms with Gasteiger partial charge in [-0.1, -0.05) is 5.16 Å². The van der Waals surface area contributed by atoms with Crippen LogP contribution in [0.1, 0.15) is 19.2 Å². The summed E-state index contributed by atoms with van der Waals surface area (Å²) in [5, 5.41) is 6.75. The van der Waals surface area contributed by atoms with Crippen molar-refractivity contribution in [2.24, 2.45) is 0 Å². The molecule has 6 heteroatoms. The Balaban J connectivity index is 1.95. The SMILES string of the molecule is CCOC(=O)CCNCCc1ncon1. The maximum absolute atomic E-state index is 10.9. The van der Waals surface area contributed by atoms with Gasteiger partial charge in [-0.05, 0) is 6.92 Å². The summed E-state index contributed by atoms with van der Waals surface area (Å²) >= 11 is 0. The first-order chi connectivity index (χ1) is 7.33. The van der Waals surface area contributed by atoms with Gasteiger partial charge in [-0.25, -0.2) is 0 Å². The molecule has 0 saturated heterocycles. The number of rotatable bonds is 7. The molecule has 1 aromatic rings. The number of hydrogen-bond acceptors (Lipinski definition) is 6.